The third kappa shape index (κ3) is 2.94. The number of piperidine rings is 1. The lowest BCUT2D eigenvalue weighted by Crippen LogP contribution is -2.58. The van der Waals surface area contributed by atoms with E-state index in [2.05, 4.69) is 5.32 Å². The summed E-state index contributed by atoms with van der Waals surface area (Å²) < 4.78 is 69.0. The van der Waals surface area contributed by atoms with Gasteiger partial charge in [0.05, 0.1) is 11.3 Å². The van der Waals surface area contributed by atoms with E-state index in [1.807, 2.05) is 0 Å². The third-order valence-electron chi connectivity index (χ3n) is 6.02. The van der Waals surface area contributed by atoms with E-state index in [1.54, 1.807) is 0 Å². The van der Waals surface area contributed by atoms with E-state index in [-0.39, 0.29) is 30.1 Å². The molecule has 2 unspecified atom stereocenters. The number of phenolic OH excluding ortho intramolecular Hbond substituents is 1. The number of fused-ring (bicyclic) bond motifs is 1. The number of amides is 1. The number of anilines is 1. The molecule has 30 heavy (non-hydrogen) atoms. The van der Waals surface area contributed by atoms with Crippen molar-refractivity contribution in [2.45, 2.75) is 31.0 Å². The fraction of sp³-hybridized carbons (Fsp3) is 0.381. The van der Waals surface area contributed by atoms with Gasteiger partial charge in [0.25, 0.3) is 11.8 Å². The number of hydrogen-bond acceptors (Lipinski definition) is 3. The average Bonchev–Trinajstić information content (AvgIpc) is 2.96. The normalized spacial score (nSPS) is 26.3. The molecular formula is C21H19F5N2O2. The predicted octanol–water partition coefficient (Wildman–Crippen LogP) is 4.58. The number of alkyl halides is 5. The van der Waals surface area contributed by atoms with Crippen LogP contribution in [0.3, 0.4) is 0 Å². The molecule has 2 aliphatic rings. The summed E-state index contributed by atoms with van der Waals surface area (Å²) in [6.07, 6.45) is -5.22. The molecule has 4 rings (SSSR count). The number of aromatic hydroxyl groups is 1. The number of para-hydroxylation sites is 1. The Kier molecular flexibility index (Phi) is 4.57. The van der Waals surface area contributed by atoms with Gasteiger partial charge in [-0.2, -0.15) is 13.2 Å². The summed E-state index contributed by atoms with van der Waals surface area (Å²) in [7, 11) is 0. The van der Waals surface area contributed by atoms with Gasteiger partial charge in [0.1, 0.15) is 5.75 Å². The predicted molar refractivity (Wildman–Crippen MR) is 99.3 cm³/mol. The van der Waals surface area contributed by atoms with Crippen LogP contribution in [-0.2, 0) is 16.5 Å². The monoisotopic (exact) mass is 426 g/mol. The van der Waals surface area contributed by atoms with Gasteiger partial charge in [-0.3, -0.25) is 9.69 Å². The lowest BCUT2D eigenvalue weighted by Gasteiger charge is -2.46. The highest BCUT2D eigenvalue weighted by atomic mass is 19.4. The van der Waals surface area contributed by atoms with E-state index in [1.165, 1.54) is 48.2 Å². The highest BCUT2D eigenvalue weighted by molar-refractivity contribution is 6.09. The van der Waals surface area contributed by atoms with Crippen LogP contribution in [0.15, 0.2) is 42.5 Å². The molecule has 2 atom stereocenters. The van der Waals surface area contributed by atoms with Crippen LogP contribution in [0.2, 0.25) is 0 Å². The Morgan fingerprint density at radius 2 is 1.80 bits per heavy atom. The molecule has 2 heterocycles. The topological polar surface area (TPSA) is 52.6 Å². The summed E-state index contributed by atoms with van der Waals surface area (Å²) >= 11 is 0. The van der Waals surface area contributed by atoms with E-state index >= 15 is 0 Å². The summed E-state index contributed by atoms with van der Waals surface area (Å²) in [5.74, 6) is -4.85. The number of carbonyl (C=O) groups excluding carboxylic acids is 1. The highest BCUT2D eigenvalue weighted by Gasteiger charge is 2.57. The molecule has 0 radical (unpaired) electrons. The quantitative estimate of drug-likeness (QED) is 0.691. The van der Waals surface area contributed by atoms with Crippen molar-refractivity contribution in [3.05, 3.63) is 59.2 Å². The molecule has 2 aromatic rings. The van der Waals surface area contributed by atoms with Crippen LogP contribution in [0.5, 0.6) is 5.75 Å². The molecule has 1 fully saturated rings. The first-order valence-corrected chi connectivity index (χ1v) is 9.42. The van der Waals surface area contributed by atoms with Crippen LogP contribution in [0, 0.1) is 5.92 Å². The van der Waals surface area contributed by atoms with Crippen molar-refractivity contribution in [3.63, 3.8) is 0 Å². The average molecular weight is 426 g/mol. The van der Waals surface area contributed by atoms with Gasteiger partial charge in [-0.05, 0) is 23.8 Å². The van der Waals surface area contributed by atoms with Crippen LogP contribution >= 0.6 is 0 Å². The largest absolute Gasteiger partial charge is 0.508 e. The van der Waals surface area contributed by atoms with Crippen LogP contribution in [-0.4, -0.2) is 34.9 Å². The number of hydrogen-bond donors (Lipinski definition) is 2. The Balaban J connectivity index is 1.95. The van der Waals surface area contributed by atoms with E-state index in [9.17, 15) is 31.9 Å². The van der Waals surface area contributed by atoms with Crippen LogP contribution < -0.4 is 5.32 Å². The lowest BCUT2D eigenvalue weighted by molar-refractivity contribution is -0.138. The van der Waals surface area contributed by atoms with Crippen LogP contribution in [0.4, 0.5) is 27.6 Å². The van der Waals surface area contributed by atoms with E-state index in [0.717, 1.165) is 6.07 Å². The van der Waals surface area contributed by atoms with Gasteiger partial charge in [0.2, 0.25) is 0 Å². The number of nitrogens with zero attached hydrogens (tertiary/aromatic N) is 1. The van der Waals surface area contributed by atoms with Gasteiger partial charge in [-0.25, -0.2) is 8.78 Å². The smallest absolute Gasteiger partial charge is 0.418 e. The molecule has 9 heteroatoms. The SMILES string of the molecule is CC1CN(C2(c3ccc(O)cc3)C(=O)Nc3c(C(F)(F)F)cccc32)CCC1(F)F. The zero-order chi connectivity index (χ0) is 21.9. The third-order valence-corrected chi connectivity index (χ3v) is 6.02. The molecule has 1 amide bonds. The summed E-state index contributed by atoms with van der Waals surface area (Å²) in [5.41, 5.74) is -2.72. The maximum atomic E-state index is 14.1. The Morgan fingerprint density at radius 3 is 2.40 bits per heavy atom. The van der Waals surface area contributed by atoms with Crippen molar-refractivity contribution < 1.29 is 31.9 Å². The first kappa shape index (κ1) is 20.6. The second-order valence-corrected chi connectivity index (χ2v) is 7.80. The van der Waals surface area contributed by atoms with Crippen LogP contribution in [0.25, 0.3) is 0 Å². The first-order valence-electron chi connectivity index (χ1n) is 9.42. The molecule has 2 N–H and O–H groups in total. The number of carbonyl (C=O) groups is 1. The number of phenols is 1. The summed E-state index contributed by atoms with van der Waals surface area (Å²) in [4.78, 5) is 14.8. The van der Waals surface area contributed by atoms with E-state index < -0.39 is 41.4 Å². The second-order valence-electron chi connectivity index (χ2n) is 7.80. The number of nitrogens with one attached hydrogen (secondary N) is 1. The molecule has 1 saturated heterocycles. The van der Waals surface area contributed by atoms with Gasteiger partial charge in [0.15, 0.2) is 5.54 Å². The van der Waals surface area contributed by atoms with Gasteiger partial charge < -0.3 is 10.4 Å². The second kappa shape index (κ2) is 6.66. The molecule has 160 valence electrons. The van der Waals surface area contributed by atoms with Gasteiger partial charge in [-0.15, -0.1) is 0 Å². The lowest BCUT2D eigenvalue weighted by atomic mass is 9.79. The number of benzene rings is 2. The number of likely N-dealkylation sites (tertiary alicyclic amines) is 1. The van der Waals surface area contributed by atoms with Gasteiger partial charge >= 0.3 is 6.18 Å². The highest BCUT2D eigenvalue weighted by Crippen LogP contribution is 2.51. The maximum Gasteiger partial charge on any atom is 0.418 e. The fourth-order valence-corrected chi connectivity index (χ4v) is 4.43. The molecule has 0 spiro atoms. The molecule has 0 bridgehead atoms. The summed E-state index contributed by atoms with van der Waals surface area (Å²) in [6.45, 7) is 0.995. The zero-order valence-corrected chi connectivity index (χ0v) is 15.9. The van der Waals surface area contributed by atoms with Crippen molar-refractivity contribution in [2.24, 2.45) is 5.92 Å². The molecule has 0 saturated carbocycles. The molecule has 0 aromatic heterocycles. The maximum absolute atomic E-state index is 14.1. The van der Waals surface area contributed by atoms with E-state index in [0.29, 0.717) is 5.56 Å². The Hall–Kier alpha value is -2.68. The zero-order valence-electron chi connectivity index (χ0n) is 15.9. The molecule has 4 nitrogen and oxygen atoms in total. The minimum atomic E-state index is -4.70. The molecule has 0 aliphatic carbocycles. The van der Waals surface area contributed by atoms with Crippen molar-refractivity contribution in [1.82, 2.24) is 4.90 Å². The van der Waals surface area contributed by atoms with Crippen LogP contribution in [0.1, 0.15) is 30.0 Å². The first-order chi connectivity index (χ1) is 14.0. The van der Waals surface area contributed by atoms with Crippen molar-refractivity contribution in [3.8, 4) is 5.75 Å². The van der Waals surface area contributed by atoms with Crippen molar-refractivity contribution >= 4 is 11.6 Å². The number of halogens is 5. The molecule has 2 aromatic carbocycles. The fourth-order valence-electron chi connectivity index (χ4n) is 4.43. The number of rotatable bonds is 2. The minimum Gasteiger partial charge on any atom is -0.508 e. The Labute approximate surface area is 169 Å². The summed E-state index contributed by atoms with van der Waals surface area (Å²) in [6, 6.07) is 8.99. The minimum absolute atomic E-state index is 0.0606. The molecular weight excluding hydrogens is 407 g/mol. The van der Waals surface area contributed by atoms with Crippen molar-refractivity contribution in [2.75, 3.05) is 18.4 Å². The standard InChI is InChI=1S/C21H19F5N2O2/c1-12-11-28(10-9-19(12,22)23)20(13-5-7-14(29)8-6-13)15-3-2-4-16(21(24,25)26)17(15)27-18(20)30/h2-8,12,29H,9-11H2,1H3,(H,27,30). The van der Waals surface area contributed by atoms with Crippen molar-refractivity contribution in [1.29, 1.82) is 0 Å². The Morgan fingerprint density at radius 1 is 1.13 bits per heavy atom. The Bertz CT molecular complexity index is 990. The van der Waals surface area contributed by atoms with E-state index in [4.69, 9.17) is 0 Å². The van der Waals surface area contributed by atoms with Gasteiger partial charge in [0, 0.05) is 31.0 Å². The van der Waals surface area contributed by atoms with Gasteiger partial charge in [-0.1, -0.05) is 31.2 Å². The molecule has 2 aliphatic heterocycles. The summed E-state index contributed by atoms with van der Waals surface area (Å²) in [5, 5.41) is 12.0.